The van der Waals surface area contributed by atoms with Gasteiger partial charge in [0.15, 0.2) is 9.84 Å². The van der Waals surface area contributed by atoms with Gasteiger partial charge in [0.05, 0.1) is 17.9 Å². The van der Waals surface area contributed by atoms with Gasteiger partial charge in [0.1, 0.15) is 5.41 Å². The van der Waals surface area contributed by atoms with Gasteiger partial charge in [-0.25, -0.2) is 8.42 Å². The zero-order valence-electron chi connectivity index (χ0n) is 11.7. The molecule has 0 amide bonds. The molecule has 1 saturated carbocycles. The quantitative estimate of drug-likeness (QED) is 0.806. The van der Waals surface area contributed by atoms with E-state index in [1.807, 2.05) is 37.3 Å². The first-order valence-electron chi connectivity index (χ1n) is 6.79. The van der Waals surface area contributed by atoms with E-state index in [1.54, 1.807) is 6.92 Å². The van der Waals surface area contributed by atoms with Gasteiger partial charge >= 0.3 is 0 Å². The Morgan fingerprint density at radius 2 is 1.95 bits per heavy atom. The fourth-order valence-corrected chi connectivity index (χ4v) is 4.86. The molecule has 0 radical (unpaired) electrons. The van der Waals surface area contributed by atoms with Crippen LogP contribution >= 0.6 is 0 Å². The number of hydrogen-bond acceptors (Lipinski definition) is 4. The van der Waals surface area contributed by atoms with Crippen LogP contribution in [0.2, 0.25) is 0 Å². The molecule has 1 aliphatic carbocycles. The van der Waals surface area contributed by atoms with E-state index in [0.29, 0.717) is 6.61 Å². The monoisotopic (exact) mass is 293 g/mol. The zero-order valence-corrected chi connectivity index (χ0v) is 12.6. The summed E-state index contributed by atoms with van der Waals surface area (Å²) in [4.78, 5) is 0. The van der Waals surface area contributed by atoms with Crippen molar-refractivity contribution < 1.29 is 13.2 Å². The van der Waals surface area contributed by atoms with E-state index in [9.17, 15) is 13.7 Å². The van der Waals surface area contributed by atoms with Crippen molar-refractivity contribution in [1.29, 1.82) is 5.26 Å². The van der Waals surface area contributed by atoms with Crippen molar-refractivity contribution in [1.82, 2.24) is 0 Å². The van der Waals surface area contributed by atoms with Gasteiger partial charge in [-0.3, -0.25) is 0 Å². The van der Waals surface area contributed by atoms with Gasteiger partial charge in [-0.2, -0.15) is 5.26 Å². The summed E-state index contributed by atoms with van der Waals surface area (Å²) in [5.41, 5.74) is -0.0394. The molecule has 2 rings (SSSR count). The van der Waals surface area contributed by atoms with E-state index in [4.69, 9.17) is 4.74 Å². The van der Waals surface area contributed by atoms with Gasteiger partial charge < -0.3 is 4.74 Å². The van der Waals surface area contributed by atoms with E-state index in [1.165, 1.54) is 0 Å². The SMILES string of the molecule is CCOC[C@]1(C#N)[C@H](c2ccccc2)[C@H]1S(=O)(=O)CC. The van der Waals surface area contributed by atoms with Crippen LogP contribution in [0.25, 0.3) is 0 Å². The summed E-state index contributed by atoms with van der Waals surface area (Å²) in [5.74, 6) is -0.235. The highest BCUT2D eigenvalue weighted by atomic mass is 32.2. The fourth-order valence-electron chi connectivity index (χ4n) is 2.85. The average Bonchev–Trinajstić information content (AvgIpc) is 3.16. The smallest absolute Gasteiger partial charge is 0.155 e. The molecule has 5 heteroatoms. The fraction of sp³-hybridized carbons (Fsp3) is 0.533. The van der Waals surface area contributed by atoms with E-state index in [2.05, 4.69) is 6.07 Å². The number of rotatable bonds is 6. The Labute approximate surface area is 120 Å². The number of benzene rings is 1. The average molecular weight is 293 g/mol. The number of ether oxygens (including phenoxy) is 1. The Morgan fingerprint density at radius 3 is 2.45 bits per heavy atom. The second-order valence-corrected chi connectivity index (χ2v) is 7.46. The van der Waals surface area contributed by atoms with E-state index < -0.39 is 20.5 Å². The minimum atomic E-state index is -3.27. The molecule has 1 aromatic rings. The first-order chi connectivity index (χ1) is 9.53. The van der Waals surface area contributed by atoms with Gasteiger partial charge in [-0.05, 0) is 12.5 Å². The van der Waals surface area contributed by atoms with E-state index in [0.717, 1.165) is 5.56 Å². The zero-order chi connectivity index (χ0) is 14.8. The lowest BCUT2D eigenvalue weighted by molar-refractivity contribution is 0.117. The minimum Gasteiger partial charge on any atom is -0.380 e. The molecule has 1 fully saturated rings. The van der Waals surface area contributed by atoms with Crippen LogP contribution < -0.4 is 0 Å². The molecule has 4 nitrogen and oxygen atoms in total. The Morgan fingerprint density at radius 1 is 1.30 bits per heavy atom. The van der Waals surface area contributed by atoms with Crippen LogP contribution in [0.5, 0.6) is 0 Å². The van der Waals surface area contributed by atoms with Gasteiger partial charge in [0, 0.05) is 18.3 Å². The summed E-state index contributed by atoms with van der Waals surface area (Å²) in [5, 5.41) is 8.90. The van der Waals surface area contributed by atoms with Crippen molar-refractivity contribution in [3.63, 3.8) is 0 Å². The number of nitriles is 1. The van der Waals surface area contributed by atoms with Crippen molar-refractivity contribution in [2.45, 2.75) is 25.0 Å². The second kappa shape index (κ2) is 5.55. The summed E-state index contributed by atoms with van der Waals surface area (Å²) in [7, 11) is -3.27. The van der Waals surface area contributed by atoms with Gasteiger partial charge in [0.2, 0.25) is 0 Å². The molecule has 0 unspecified atom stereocenters. The molecule has 0 spiro atoms. The van der Waals surface area contributed by atoms with Crippen molar-refractivity contribution >= 4 is 9.84 Å². The molecular formula is C15H19NO3S. The van der Waals surface area contributed by atoms with Crippen LogP contribution in [-0.4, -0.2) is 32.6 Å². The molecule has 0 N–H and O–H groups in total. The molecule has 0 saturated heterocycles. The highest BCUT2D eigenvalue weighted by molar-refractivity contribution is 7.92. The molecule has 20 heavy (non-hydrogen) atoms. The highest BCUT2D eigenvalue weighted by Crippen LogP contribution is 2.62. The third-order valence-corrected chi connectivity index (χ3v) is 6.23. The van der Waals surface area contributed by atoms with Crippen LogP contribution in [0.15, 0.2) is 30.3 Å². The first kappa shape index (κ1) is 15.0. The van der Waals surface area contributed by atoms with Crippen molar-refractivity contribution in [2.75, 3.05) is 19.0 Å². The van der Waals surface area contributed by atoms with Gasteiger partial charge in [0.25, 0.3) is 0 Å². The number of sulfone groups is 1. The Hall–Kier alpha value is -1.38. The molecule has 1 aromatic carbocycles. The molecule has 0 aliphatic heterocycles. The molecule has 1 aliphatic rings. The summed E-state index contributed by atoms with van der Waals surface area (Å²) in [6.45, 7) is 4.11. The van der Waals surface area contributed by atoms with Crippen molar-refractivity contribution in [2.24, 2.45) is 5.41 Å². The Kier molecular flexibility index (Phi) is 4.17. The lowest BCUT2D eigenvalue weighted by Crippen LogP contribution is -2.20. The molecule has 3 atom stereocenters. The van der Waals surface area contributed by atoms with Crippen LogP contribution in [0.4, 0.5) is 0 Å². The summed E-state index contributed by atoms with van der Waals surface area (Å²) in [6.07, 6.45) is 0. The predicted molar refractivity (Wildman–Crippen MR) is 77.0 cm³/mol. The number of hydrogen-bond donors (Lipinski definition) is 0. The molecule has 0 aromatic heterocycles. The van der Waals surface area contributed by atoms with Crippen LogP contribution in [0.1, 0.15) is 25.3 Å². The minimum absolute atomic E-state index is 0.0521. The van der Waals surface area contributed by atoms with Crippen molar-refractivity contribution in [3.8, 4) is 6.07 Å². The lowest BCUT2D eigenvalue weighted by atomic mass is 10.0. The summed E-state index contributed by atoms with van der Waals surface area (Å²) >= 11 is 0. The van der Waals surface area contributed by atoms with Gasteiger partial charge in [-0.15, -0.1) is 0 Å². The summed E-state index contributed by atoms with van der Waals surface area (Å²) in [6, 6.07) is 11.6. The topological polar surface area (TPSA) is 67.2 Å². The van der Waals surface area contributed by atoms with Crippen LogP contribution in [0, 0.1) is 16.7 Å². The Balaban J connectivity index is 2.41. The van der Waals surface area contributed by atoms with Crippen LogP contribution in [0.3, 0.4) is 0 Å². The third-order valence-electron chi connectivity index (χ3n) is 3.96. The van der Waals surface area contributed by atoms with Gasteiger partial charge in [-0.1, -0.05) is 37.3 Å². The molecule has 108 valence electrons. The maximum absolute atomic E-state index is 12.3. The maximum atomic E-state index is 12.3. The summed E-state index contributed by atoms with van der Waals surface area (Å²) < 4.78 is 29.9. The standard InChI is InChI=1S/C15H19NO3S/c1-3-19-11-15(10-16)13(12-8-6-5-7-9-12)14(15)20(17,18)4-2/h5-9,13-14H,3-4,11H2,1-2H3/t13-,14-,15-/m1/s1. The van der Waals surface area contributed by atoms with Crippen molar-refractivity contribution in [3.05, 3.63) is 35.9 Å². The van der Waals surface area contributed by atoms with E-state index in [-0.39, 0.29) is 18.3 Å². The third kappa shape index (κ3) is 2.34. The largest absolute Gasteiger partial charge is 0.380 e. The first-order valence-corrected chi connectivity index (χ1v) is 8.50. The number of nitrogens with zero attached hydrogens (tertiary/aromatic N) is 1. The van der Waals surface area contributed by atoms with Crippen LogP contribution in [-0.2, 0) is 14.6 Å². The molecular weight excluding hydrogens is 274 g/mol. The molecule has 0 bridgehead atoms. The maximum Gasteiger partial charge on any atom is 0.155 e. The lowest BCUT2D eigenvalue weighted by Gasteiger charge is -2.09. The normalized spacial score (nSPS) is 28.9. The molecule has 0 heterocycles. The predicted octanol–water partition coefficient (Wildman–Crippen LogP) is 2.13. The highest BCUT2D eigenvalue weighted by Gasteiger charge is 2.71. The van der Waals surface area contributed by atoms with E-state index >= 15 is 0 Å². The Bertz CT molecular complexity index is 606. The second-order valence-electron chi connectivity index (χ2n) is 5.05.